The van der Waals surface area contributed by atoms with E-state index in [1.165, 1.54) is 0 Å². The average molecular weight is 264 g/mol. The fourth-order valence-electron chi connectivity index (χ4n) is 2.97. The van der Waals surface area contributed by atoms with Gasteiger partial charge in [0, 0.05) is 41.6 Å². The number of pyridine rings is 1. The summed E-state index contributed by atoms with van der Waals surface area (Å²) >= 11 is 0. The Bertz CT molecular complexity index is 440. The maximum Gasteiger partial charge on any atom is 0.128 e. The molecule has 2 heterocycles. The highest BCUT2D eigenvalue weighted by atomic mass is 16.5. The summed E-state index contributed by atoms with van der Waals surface area (Å²) in [6.07, 6.45) is 3.94. The molecule has 1 aliphatic rings. The molecule has 1 aromatic heterocycles. The molecule has 0 amide bonds. The Morgan fingerprint density at radius 2 is 2.26 bits per heavy atom. The van der Waals surface area contributed by atoms with E-state index in [1.54, 1.807) is 7.11 Å². The first-order chi connectivity index (χ1) is 9.12. The van der Waals surface area contributed by atoms with Gasteiger partial charge in [-0.05, 0) is 33.7 Å². The minimum absolute atomic E-state index is 0.173. The fourth-order valence-corrected chi connectivity index (χ4v) is 2.97. The van der Waals surface area contributed by atoms with E-state index < -0.39 is 0 Å². The van der Waals surface area contributed by atoms with Crippen LogP contribution in [0.4, 0.5) is 0 Å². The molecular formula is C15H24N2O2. The zero-order valence-corrected chi connectivity index (χ0v) is 12.4. The molecule has 0 aliphatic carbocycles. The van der Waals surface area contributed by atoms with Crippen LogP contribution < -0.4 is 10.1 Å². The van der Waals surface area contributed by atoms with Crippen molar-refractivity contribution in [3.05, 3.63) is 23.0 Å². The molecule has 0 spiro atoms. The van der Waals surface area contributed by atoms with Crippen LogP contribution in [0, 0.1) is 19.3 Å². The van der Waals surface area contributed by atoms with Gasteiger partial charge in [0.25, 0.3) is 0 Å². The topological polar surface area (TPSA) is 43.4 Å². The predicted octanol–water partition coefficient (Wildman–Crippen LogP) is 1.88. The van der Waals surface area contributed by atoms with Crippen LogP contribution in [0.5, 0.6) is 5.75 Å². The van der Waals surface area contributed by atoms with Crippen LogP contribution in [-0.4, -0.2) is 38.9 Å². The van der Waals surface area contributed by atoms with E-state index in [-0.39, 0.29) is 5.41 Å². The Morgan fingerprint density at radius 3 is 2.84 bits per heavy atom. The number of rotatable bonds is 5. The Morgan fingerprint density at radius 1 is 1.47 bits per heavy atom. The third-order valence-corrected chi connectivity index (χ3v) is 4.03. The summed E-state index contributed by atoms with van der Waals surface area (Å²) in [5.74, 6) is 0.962. The lowest BCUT2D eigenvalue weighted by molar-refractivity contribution is 0.150. The van der Waals surface area contributed by atoms with Crippen molar-refractivity contribution in [2.45, 2.75) is 26.7 Å². The van der Waals surface area contributed by atoms with Gasteiger partial charge in [-0.25, -0.2) is 0 Å². The quantitative estimate of drug-likeness (QED) is 0.882. The summed E-state index contributed by atoms with van der Waals surface area (Å²) in [6, 6.07) is 0. The molecule has 0 bridgehead atoms. The van der Waals surface area contributed by atoms with Crippen LogP contribution in [-0.2, 0) is 11.2 Å². The van der Waals surface area contributed by atoms with Gasteiger partial charge in [0.1, 0.15) is 5.75 Å². The standard InChI is InChI=1S/C15H24N2O2/c1-11-8-17-13(12(2)14(11)18-4)7-15(9-16-3)5-6-19-10-15/h8,16H,5-7,9-10H2,1-4H3. The summed E-state index contributed by atoms with van der Waals surface area (Å²) < 4.78 is 11.1. The van der Waals surface area contributed by atoms with Gasteiger partial charge in [-0.2, -0.15) is 0 Å². The van der Waals surface area contributed by atoms with E-state index in [4.69, 9.17) is 9.47 Å². The molecular weight excluding hydrogens is 240 g/mol. The number of hydrogen-bond acceptors (Lipinski definition) is 4. The molecule has 1 N–H and O–H groups in total. The van der Waals surface area contributed by atoms with Gasteiger partial charge in [-0.1, -0.05) is 0 Å². The van der Waals surface area contributed by atoms with Crippen LogP contribution in [0.25, 0.3) is 0 Å². The highest BCUT2D eigenvalue weighted by molar-refractivity contribution is 5.41. The zero-order valence-electron chi connectivity index (χ0n) is 12.4. The normalized spacial score (nSPS) is 22.7. The van der Waals surface area contributed by atoms with E-state index in [0.29, 0.717) is 0 Å². The fraction of sp³-hybridized carbons (Fsp3) is 0.667. The van der Waals surface area contributed by atoms with E-state index in [0.717, 1.165) is 55.2 Å². The zero-order chi connectivity index (χ0) is 13.9. The van der Waals surface area contributed by atoms with Crippen LogP contribution in [0.1, 0.15) is 23.2 Å². The van der Waals surface area contributed by atoms with Gasteiger partial charge >= 0.3 is 0 Å². The van der Waals surface area contributed by atoms with Gasteiger partial charge in [0.15, 0.2) is 0 Å². The first-order valence-electron chi connectivity index (χ1n) is 6.83. The van der Waals surface area contributed by atoms with Gasteiger partial charge in [-0.15, -0.1) is 0 Å². The number of nitrogens with one attached hydrogen (secondary N) is 1. The van der Waals surface area contributed by atoms with Crippen molar-refractivity contribution < 1.29 is 9.47 Å². The summed E-state index contributed by atoms with van der Waals surface area (Å²) in [7, 11) is 3.72. The van der Waals surface area contributed by atoms with Crippen LogP contribution in [0.2, 0.25) is 0 Å². The minimum atomic E-state index is 0.173. The summed E-state index contributed by atoms with van der Waals surface area (Å²) in [5, 5.41) is 3.29. The lowest BCUT2D eigenvalue weighted by atomic mass is 9.81. The van der Waals surface area contributed by atoms with Gasteiger partial charge < -0.3 is 14.8 Å². The van der Waals surface area contributed by atoms with Crippen LogP contribution in [0.15, 0.2) is 6.20 Å². The van der Waals surface area contributed by atoms with E-state index in [2.05, 4.69) is 17.2 Å². The number of hydrogen-bond donors (Lipinski definition) is 1. The Balaban J connectivity index is 2.27. The maximum absolute atomic E-state index is 5.61. The van der Waals surface area contributed by atoms with Crippen molar-refractivity contribution in [1.82, 2.24) is 10.3 Å². The lowest BCUT2D eigenvalue weighted by Gasteiger charge is -2.27. The molecule has 4 nitrogen and oxygen atoms in total. The van der Waals surface area contributed by atoms with Gasteiger partial charge in [0.2, 0.25) is 0 Å². The van der Waals surface area contributed by atoms with E-state index in [1.807, 2.05) is 20.2 Å². The van der Waals surface area contributed by atoms with Gasteiger partial charge in [0.05, 0.1) is 13.7 Å². The van der Waals surface area contributed by atoms with Crippen molar-refractivity contribution in [2.75, 3.05) is 33.9 Å². The van der Waals surface area contributed by atoms with Crippen molar-refractivity contribution in [3.63, 3.8) is 0 Å². The van der Waals surface area contributed by atoms with E-state index >= 15 is 0 Å². The monoisotopic (exact) mass is 264 g/mol. The molecule has 0 radical (unpaired) electrons. The molecule has 1 saturated heterocycles. The first kappa shape index (κ1) is 14.3. The third-order valence-electron chi connectivity index (χ3n) is 4.03. The third kappa shape index (κ3) is 2.90. The minimum Gasteiger partial charge on any atom is -0.496 e. The molecule has 4 heteroatoms. The van der Waals surface area contributed by atoms with Crippen molar-refractivity contribution >= 4 is 0 Å². The van der Waals surface area contributed by atoms with Crippen LogP contribution >= 0.6 is 0 Å². The predicted molar refractivity (Wildman–Crippen MR) is 75.8 cm³/mol. The number of aryl methyl sites for hydroxylation is 1. The first-order valence-corrected chi connectivity index (χ1v) is 6.83. The van der Waals surface area contributed by atoms with Crippen LogP contribution in [0.3, 0.4) is 0 Å². The Labute approximate surface area is 115 Å². The highest BCUT2D eigenvalue weighted by Gasteiger charge is 2.35. The molecule has 1 aromatic rings. The number of nitrogens with zero attached hydrogens (tertiary/aromatic N) is 1. The summed E-state index contributed by atoms with van der Waals surface area (Å²) in [6.45, 7) is 6.75. The molecule has 106 valence electrons. The number of aromatic nitrogens is 1. The molecule has 0 aromatic carbocycles. The molecule has 1 unspecified atom stereocenters. The largest absolute Gasteiger partial charge is 0.496 e. The highest BCUT2D eigenvalue weighted by Crippen LogP contribution is 2.34. The second-order valence-corrected chi connectivity index (χ2v) is 5.56. The van der Waals surface area contributed by atoms with E-state index in [9.17, 15) is 0 Å². The summed E-state index contributed by atoms with van der Waals surface area (Å²) in [4.78, 5) is 4.61. The molecule has 2 rings (SSSR count). The average Bonchev–Trinajstić information content (AvgIpc) is 2.83. The lowest BCUT2D eigenvalue weighted by Crippen LogP contribution is -2.35. The second-order valence-electron chi connectivity index (χ2n) is 5.56. The number of ether oxygens (including phenoxy) is 2. The smallest absolute Gasteiger partial charge is 0.128 e. The maximum atomic E-state index is 5.61. The van der Waals surface area contributed by atoms with Gasteiger partial charge in [-0.3, -0.25) is 4.98 Å². The Kier molecular flexibility index (Phi) is 4.42. The van der Waals surface area contributed by atoms with Crippen molar-refractivity contribution in [3.8, 4) is 5.75 Å². The molecule has 0 saturated carbocycles. The van der Waals surface area contributed by atoms with Crippen molar-refractivity contribution in [1.29, 1.82) is 0 Å². The molecule has 1 atom stereocenters. The Hall–Kier alpha value is -1.13. The molecule has 19 heavy (non-hydrogen) atoms. The number of methoxy groups -OCH3 is 1. The second kappa shape index (κ2) is 5.88. The summed E-state index contributed by atoms with van der Waals surface area (Å²) in [5.41, 5.74) is 3.55. The SMILES string of the molecule is CNCC1(Cc2ncc(C)c(OC)c2C)CCOC1. The molecule has 1 fully saturated rings. The molecule has 1 aliphatic heterocycles. The van der Waals surface area contributed by atoms with Crippen molar-refractivity contribution in [2.24, 2.45) is 5.41 Å².